The van der Waals surface area contributed by atoms with E-state index in [2.05, 4.69) is 37.4 Å². The van der Waals surface area contributed by atoms with Gasteiger partial charge in [-0.2, -0.15) is 5.06 Å². The van der Waals surface area contributed by atoms with E-state index in [1.54, 1.807) is 18.6 Å². The lowest BCUT2D eigenvalue weighted by Crippen LogP contribution is -2.33. The monoisotopic (exact) mass is 512 g/mol. The van der Waals surface area contributed by atoms with Crippen molar-refractivity contribution in [2.24, 2.45) is 0 Å². The number of pyridine rings is 1. The first-order valence-electron chi connectivity index (χ1n) is 12.5. The van der Waals surface area contributed by atoms with Gasteiger partial charge in [0.1, 0.15) is 0 Å². The number of hydroxylamine groups is 2. The molecule has 1 saturated heterocycles. The molecule has 1 fully saturated rings. The number of anilines is 3. The molecule has 2 amide bonds. The van der Waals surface area contributed by atoms with Gasteiger partial charge in [0.25, 0.3) is 0 Å². The molecule has 3 heterocycles. The summed E-state index contributed by atoms with van der Waals surface area (Å²) in [6, 6.07) is 24.8. The lowest BCUT2D eigenvalue weighted by molar-refractivity contribution is -0.0829. The van der Waals surface area contributed by atoms with E-state index >= 15 is 0 Å². The van der Waals surface area contributed by atoms with Crippen LogP contribution in [0.3, 0.4) is 0 Å². The average molecular weight is 513 g/mol. The molecular weight excluding hydrogens is 488 g/mol. The average Bonchev–Trinajstić information content (AvgIpc) is 3.48. The first-order chi connectivity index (χ1) is 19.2. The Morgan fingerprint density at radius 3 is 2.56 bits per heavy atom. The Hall–Kier alpha value is -5.26. The second-order valence-corrected chi connectivity index (χ2v) is 8.99. The van der Waals surface area contributed by atoms with Gasteiger partial charge in [-0.05, 0) is 47.3 Å². The Bertz CT molecular complexity index is 1680. The van der Waals surface area contributed by atoms with E-state index in [1.165, 1.54) is 5.06 Å². The molecule has 0 unspecified atom stereocenters. The number of hydrogen-bond donors (Lipinski definition) is 2. The fourth-order valence-corrected chi connectivity index (χ4v) is 4.39. The van der Waals surface area contributed by atoms with Crippen LogP contribution in [0.15, 0.2) is 104 Å². The summed E-state index contributed by atoms with van der Waals surface area (Å²) in [6.45, 7) is 0.495. The summed E-state index contributed by atoms with van der Waals surface area (Å²) < 4.78 is 0. The number of fused-ring (bicyclic) bond motifs is 1. The minimum absolute atomic E-state index is 0.120. The Balaban J connectivity index is 1.10. The van der Waals surface area contributed by atoms with E-state index in [0.29, 0.717) is 23.8 Å². The van der Waals surface area contributed by atoms with Crippen LogP contribution in [0, 0.1) is 11.8 Å². The maximum absolute atomic E-state index is 12.9. The van der Waals surface area contributed by atoms with Crippen LogP contribution in [-0.2, 0) is 4.84 Å². The molecule has 0 saturated carbocycles. The Kier molecular flexibility index (Phi) is 6.80. The van der Waals surface area contributed by atoms with Crippen molar-refractivity contribution in [2.75, 3.05) is 17.2 Å². The van der Waals surface area contributed by atoms with E-state index in [9.17, 15) is 4.79 Å². The van der Waals surface area contributed by atoms with Crippen LogP contribution in [-0.4, -0.2) is 32.7 Å². The van der Waals surface area contributed by atoms with Gasteiger partial charge in [0.05, 0.1) is 18.2 Å². The number of amides is 2. The molecule has 190 valence electrons. The molecule has 5 aromatic rings. The van der Waals surface area contributed by atoms with Gasteiger partial charge in [0.15, 0.2) is 0 Å². The Morgan fingerprint density at radius 1 is 0.846 bits per heavy atom. The van der Waals surface area contributed by atoms with E-state index in [1.807, 2.05) is 85.1 Å². The van der Waals surface area contributed by atoms with Crippen molar-refractivity contribution in [1.82, 2.24) is 20.0 Å². The van der Waals surface area contributed by atoms with Crippen LogP contribution in [0.4, 0.5) is 22.1 Å². The minimum atomic E-state index is -0.314. The van der Waals surface area contributed by atoms with Gasteiger partial charge in [-0.1, -0.05) is 54.3 Å². The van der Waals surface area contributed by atoms with Crippen molar-refractivity contribution in [2.45, 2.75) is 12.5 Å². The van der Waals surface area contributed by atoms with Crippen LogP contribution < -0.4 is 10.6 Å². The molecule has 2 N–H and O–H groups in total. The summed E-state index contributed by atoms with van der Waals surface area (Å²) in [5, 5.41) is 9.70. The maximum Gasteiger partial charge on any atom is 0.346 e. The van der Waals surface area contributed by atoms with Crippen LogP contribution in [0.2, 0.25) is 0 Å². The number of urea groups is 1. The first kappa shape index (κ1) is 24.1. The second-order valence-electron chi connectivity index (χ2n) is 8.99. The zero-order valence-electron chi connectivity index (χ0n) is 20.9. The molecule has 0 radical (unpaired) electrons. The van der Waals surface area contributed by atoms with Gasteiger partial charge >= 0.3 is 6.03 Å². The Morgan fingerprint density at radius 2 is 1.69 bits per heavy atom. The van der Waals surface area contributed by atoms with E-state index in [-0.39, 0.29) is 12.1 Å². The standard InChI is InChI=1S/C31H24N6O2/c38-31(37-29(14-16-39-37)24-6-2-1-3-7-24)36-27-8-4-5-22(17-27)9-10-23-19-33-30(34-20-23)35-28-12-11-26-21-32-15-13-25(26)18-28/h1-8,11-13,15,17-21,29H,14,16H2,(H,36,38)(H,33,34,35)/t29-/m0/s1. The van der Waals surface area contributed by atoms with Gasteiger partial charge in [0.2, 0.25) is 5.95 Å². The zero-order valence-corrected chi connectivity index (χ0v) is 20.9. The van der Waals surface area contributed by atoms with Crippen LogP contribution >= 0.6 is 0 Å². The van der Waals surface area contributed by atoms with E-state index in [0.717, 1.165) is 34.0 Å². The minimum Gasteiger partial charge on any atom is -0.324 e. The number of rotatable bonds is 4. The lowest BCUT2D eigenvalue weighted by atomic mass is 10.1. The topological polar surface area (TPSA) is 92.3 Å². The number of nitrogens with one attached hydrogen (secondary N) is 2. The molecule has 0 spiro atoms. The van der Waals surface area contributed by atoms with Crippen molar-refractivity contribution in [3.63, 3.8) is 0 Å². The third-order valence-electron chi connectivity index (χ3n) is 6.30. The van der Waals surface area contributed by atoms with Crippen LogP contribution in [0.5, 0.6) is 0 Å². The van der Waals surface area contributed by atoms with Crippen molar-refractivity contribution >= 4 is 34.1 Å². The number of aromatic nitrogens is 3. The molecular formula is C31H24N6O2. The van der Waals surface area contributed by atoms with Gasteiger partial charge in [-0.15, -0.1) is 0 Å². The van der Waals surface area contributed by atoms with Crippen molar-refractivity contribution in [3.05, 3.63) is 120 Å². The highest BCUT2D eigenvalue weighted by Gasteiger charge is 2.31. The summed E-state index contributed by atoms with van der Waals surface area (Å²) in [5.41, 5.74) is 4.00. The normalized spacial score (nSPS) is 14.5. The highest BCUT2D eigenvalue weighted by molar-refractivity contribution is 5.89. The number of hydrogen-bond acceptors (Lipinski definition) is 6. The smallest absolute Gasteiger partial charge is 0.324 e. The number of carbonyl (C=O) groups is 1. The highest BCUT2D eigenvalue weighted by Crippen LogP contribution is 2.30. The number of nitrogens with zero attached hydrogens (tertiary/aromatic N) is 4. The molecule has 2 aromatic heterocycles. The van der Waals surface area contributed by atoms with Gasteiger partial charge < -0.3 is 10.6 Å². The summed E-state index contributed by atoms with van der Waals surface area (Å²) in [6.07, 6.45) is 7.69. The van der Waals surface area contributed by atoms with Gasteiger partial charge in [0, 0.05) is 53.5 Å². The molecule has 8 heteroatoms. The second kappa shape index (κ2) is 11.0. The predicted molar refractivity (Wildman–Crippen MR) is 150 cm³/mol. The largest absolute Gasteiger partial charge is 0.346 e. The number of benzene rings is 3. The molecule has 1 aliphatic heterocycles. The molecule has 3 aromatic carbocycles. The summed E-state index contributed by atoms with van der Waals surface area (Å²) >= 11 is 0. The molecule has 1 aliphatic rings. The first-order valence-corrected chi connectivity index (χ1v) is 12.5. The highest BCUT2D eigenvalue weighted by atomic mass is 16.7. The van der Waals surface area contributed by atoms with Crippen molar-refractivity contribution < 1.29 is 9.63 Å². The van der Waals surface area contributed by atoms with Gasteiger partial charge in [-0.25, -0.2) is 14.8 Å². The third-order valence-corrected chi connectivity index (χ3v) is 6.30. The molecule has 8 nitrogen and oxygen atoms in total. The summed E-state index contributed by atoms with van der Waals surface area (Å²) in [4.78, 5) is 31.5. The summed E-state index contributed by atoms with van der Waals surface area (Å²) in [7, 11) is 0. The molecule has 1 atom stereocenters. The Labute approximate surface area is 225 Å². The lowest BCUT2D eigenvalue weighted by Gasteiger charge is -2.23. The number of carbonyl (C=O) groups excluding carboxylic acids is 1. The zero-order chi connectivity index (χ0) is 26.4. The van der Waals surface area contributed by atoms with Crippen LogP contribution in [0.25, 0.3) is 10.8 Å². The predicted octanol–water partition coefficient (Wildman–Crippen LogP) is 6.08. The molecule has 0 aliphatic carbocycles. The van der Waals surface area contributed by atoms with Gasteiger partial charge in [-0.3, -0.25) is 9.82 Å². The fraction of sp³-hybridized carbons (Fsp3) is 0.0968. The van der Waals surface area contributed by atoms with Crippen molar-refractivity contribution in [3.8, 4) is 11.8 Å². The SMILES string of the molecule is O=C(Nc1cccc(C#Cc2cnc(Nc3ccc4cnccc4c3)nc2)c1)N1OCC[C@H]1c1ccccc1. The molecule has 6 rings (SSSR count). The molecule has 39 heavy (non-hydrogen) atoms. The fourth-order valence-electron chi connectivity index (χ4n) is 4.39. The van der Waals surface area contributed by atoms with E-state index in [4.69, 9.17) is 4.84 Å². The van der Waals surface area contributed by atoms with Crippen molar-refractivity contribution in [1.29, 1.82) is 0 Å². The maximum atomic E-state index is 12.9. The van der Waals surface area contributed by atoms with Crippen LogP contribution in [0.1, 0.15) is 29.2 Å². The molecule has 0 bridgehead atoms. The van der Waals surface area contributed by atoms with E-state index < -0.39 is 0 Å². The summed E-state index contributed by atoms with van der Waals surface area (Å²) in [5.74, 6) is 6.68. The third kappa shape index (κ3) is 5.69. The quantitative estimate of drug-likeness (QED) is 0.284.